The SMILES string of the molecule is CC(C)N(C(C)C)n1[c-]nnn1.NP(O)O. The van der Waals surface area contributed by atoms with Crippen molar-refractivity contribution in [3.05, 3.63) is 6.33 Å². The Bertz CT molecular complexity index is 255. The van der Waals surface area contributed by atoms with Crippen LogP contribution in [0.15, 0.2) is 0 Å². The van der Waals surface area contributed by atoms with Gasteiger partial charge in [0.1, 0.15) is 0 Å². The van der Waals surface area contributed by atoms with Gasteiger partial charge in [-0.05, 0) is 27.7 Å². The first-order valence-electron chi connectivity index (χ1n) is 4.73. The molecule has 0 bridgehead atoms. The summed E-state index contributed by atoms with van der Waals surface area (Å²) in [5.74, 6) is 0. The highest BCUT2D eigenvalue weighted by atomic mass is 31.2. The Balaban J connectivity index is 0.000000487. The highest BCUT2D eigenvalue weighted by molar-refractivity contribution is 7.42. The van der Waals surface area contributed by atoms with Gasteiger partial charge in [0, 0.05) is 12.1 Å². The smallest absolute Gasteiger partial charge is 0.247 e. The molecule has 0 unspecified atom stereocenters. The number of aromatic nitrogens is 4. The van der Waals surface area contributed by atoms with E-state index in [1.807, 2.05) is 5.01 Å². The lowest BCUT2D eigenvalue weighted by atomic mass is 10.3. The predicted molar refractivity (Wildman–Crippen MR) is 60.7 cm³/mol. The number of nitrogens with zero attached hydrogens (tertiary/aromatic N) is 5. The first kappa shape index (κ1) is 15.2. The van der Waals surface area contributed by atoms with E-state index < -0.39 is 8.53 Å². The first-order valence-corrected chi connectivity index (χ1v) is 6.05. The monoisotopic (exact) mass is 249 g/mol. The number of nitrogens with two attached hydrogens (primary N) is 1. The van der Waals surface area contributed by atoms with Crippen LogP contribution in [0.5, 0.6) is 0 Å². The zero-order chi connectivity index (χ0) is 12.7. The van der Waals surface area contributed by atoms with Gasteiger partial charge >= 0.3 is 0 Å². The van der Waals surface area contributed by atoms with Crippen molar-refractivity contribution in [2.75, 3.05) is 5.01 Å². The third-order valence-electron chi connectivity index (χ3n) is 1.58. The summed E-state index contributed by atoms with van der Waals surface area (Å²) in [5, 5.41) is 12.8. The van der Waals surface area contributed by atoms with Crippen molar-refractivity contribution in [1.82, 2.24) is 20.3 Å². The third-order valence-corrected chi connectivity index (χ3v) is 1.58. The van der Waals surface area contributed by atoms with E-state index in [4.69, 9.17) is 9.79 Å². The van der Waals surface area contributed by atoms with Crippen LogP contribution in [-0.2, 0) is 0 Å². The normalized spacial score (nSPS) is 10.6. The van der Waals surface area contributed by atoms with Gasteiger partial charge in [0.05, 0.1) is 0 Å². The Morgan fingerprint density at radius 2 is 1.69 bits per heavy atom. The largest absolute Gasteiger partial charge is 0.338 e. The van der Waals surface area contributed by atoms with Gasteiger partial charge < -0.3 is 24.7 Å². The molecule has 16 heavy (non-hydrogen) atoms. The molecule has 0 aromatic carbocycles. The summed E-state index contributed by atoms with van der Waals surface area (Å²) in [6.45, 7) is 8.37. The Morgan fingerprint density at radius 1 is 1.25 bits per heavy atom. The molecule has 0 radical (unpaired) electrons. The number of tetrazole rings is 1. The molecule has 9 heteroatoms. The van der Waals surface area contributed by atoms with E-state index in [0.29, 0.717) is 12.1 Å². The molecule has 0 fully saturated rings. The molecule has 1 rings (SSSR count). The van der Waals surface area contributed by atoms with Crippen LogP contribution in [-0.4, -0.2) is 42.2 Å². The van der Waals surface area contributed by atoms with Crippen LogP contribution >= 0.6 is 8.53 Å². The van der Waals surface area contributed by atoms with Crippen LogP contribution in [0.25, 0.3) is 0 Å². The minimum atomic E-state index is -2.12. The lowest BCUT2D eigenvalue weighted by Gasteiger charge is -2.36. The molecule has 4 N–H and O–H groups in total. The molecule has 0 aliphatic rings. The Kier molecular flexibility index (Phi) is 7.07. The van der Waals surface area contributed by atoms with Crippen molar-refractivity contribution >= 4 is 8.53 Å². The summed E-state index contributed by atoms with van der Waals surface area (Å²) in [5.41, 5.74) is 4.29. The molecular formula is C7H18N6O2P-. The van der Waals surface area contributed by atoms with Crippen molar-refractivity contribution in [1.29, 1.82) is 0 Å². The van der Waals surface area contributed by atoms with Gasteiger partial charge in [-0.2, -0.15) is 0 Å². The molecule has 1 aromatic heterocycles. The van der Waals surface area contributed by atoms with Crippen molar-refractivity contribution in [2.24, 2.45) is 5.50 Å². The van der Waals surface area contributed by atoms with Gasteiger partial charge in [-0.15, -0.1) is 0 Å². The van der Waals surface area contributed by atoms with E-state index in [-0.39, 0.29) is 0 Å². The Morgan fingerprint density at radius 3 is 1.94 bits per heavy atom. The molecule has 8 nitrogen and oxygen atoms in total. The lowest BCUT2D eigenvalue weighted by molar-refractivity contribution is 0.418. The molecule has 0 atom stereocenters. The minimum absolute atomic E-state index is 0.366. The van der Waals surface area contributed by atoms with Crippen LogP contribution in [0, 0.1) is 6.33 Å². The van der Waals surface area contributed by atoms with Crippen molar-refractivity contribution < 1.29 is 9.79 Å². The summed E-state index contributed by atoms with van der Waals surface area (Å²) in [6, 6.07) is 0.731. The van der Waals surface area contributed by atoms with Crippen molar-refractivity contribution in [2.45, 2.75) is 39.8 Å². The predicted octanol–water partition coefficient (Wildman–Crippen LogP) is -0.615. The molecule has 1 heterocycles. The van der Waals surface area contributed by atoms with Gasteiger partial charge in [-0.25, -0.2) is 6.33 Å². The second-order valence-corrected chi connectivity index (χ2v) is 4.20. The first-order chi connectivity index (χ1) is 7.36. The summed E-state index contributed by atoms with van der Waals surface area (Å²) < 4.78 is 0. The molecule has 0 saturated carbocycles. The molecular weight excluding hydrogens is 231 g/mol. The minimum Gasteiger partial charge on any atom is -0.338 e. The number of hydrogen-bond acceptors (Lipinski definition) is 7. The van der Waals surface area contributed by atoms with Crippen LogP contribution in [0.2, 0.25) is 0 Å². The van der Waals surface area contributed by atoms with Crippen molar-refractivity contribution in [3.8, 4) is 0 Å². The summed E-state index contributed by atoms with van der Waals surface area (Å²) in [4.78, 5) is 16.5. The standard InChI is InChI=1S/C7H14N5.H4NO2P/c1-6(2)12(7(3)4)11-5-8-9-10-11;1-4(2)3/h6-7H,1-4H3;2-3H,1H2/q-1;. The van der Waals surface area contributed by atoms with Gasteiger partial charge in [0.15, 0.2) is 0 Å². The van der Waals surface area contributed by atoms with E-state index in [2.05, 4.69) is 55.1 Å². The molecule has 0 amide bonds. The van der Waals surface area contributed by atoms with Gasteiger partial charge in [0.2, 0.25) is 8.53 Å². The summed E-state index contributed by atoms with van der Waals surface area (Å²) in [7, 11) is -2.12. The fourth-order valence-electron chi connectivity index (χ4n) is 1.27. The maximum atomic E-state index is 7.45. The lowest BCUT2D eigenvalue weighted by Crippen LogP contribution is -2.46. The average molecular weight is 249 g/mol. The zero-order valence-corrected chi connectivity index (χ0v) is 10.7. The van der Waals surface area contributed by atoms with Gasteiger partial charge in [-0.1, -0.05) is 10.4 Å². The molecule has 94 valence electrons. The Hall–Kier alpha value is -0.820. The second-order valence-electron chi connectivity index (χ2n) is 3.56. The molecule has 0 aliphatic heterocycles. The zero-order valence-electron chi connectivity index (χ0n) is 9.81. The van der Waals surface area contributed by atoms with Crippen LogP contribution in [0.4, 0.5) is 0 Å². The van der Waals surface area contributed by atoms with E-state index in [1.54, 1.807) is 4.79 Å². The maximum Gasteiger partial charge on any atom is 0.247 e. The topological polar surface area (TPSA) is 113 Å². The van der Waals surface area contributed by atoms with Crippen LogP contribution < -0.4 is 10.5 Å². The molecule has 0 spiro atoms. The van der Waals surface area contributed by atoms with E-state index in [1.165, 1.54) is 0 Å². The third kappa shape index (κ3) is 5.92. The van der Waals surface area contributed by atoms with Crippen LogP contribution in [0.3, 0.4) is 0 Å². The fraction of sp³-hybridized carbons (Fsp3) is 0.857. The van der Waals surface area contributed by atoms with Crippen molar-refractivity contribution in [3.63, 3.8) is 0 Å². The van der Waals surface area contributed by atoms with E-state index >= 15 is 0 Å². The second kappa shape index (κ2) is 7.45. The summed E-state index contributed by atoms with van der Waals surface area (Å²) >= 11 is 0. The quantitative estimate of drug-likeness (QED) is 0.483. The molecule has 1 aromatic rings. The molecule has 0 saturated heterocycles. The van der Waals surface area contributed by atoms with Crippen LogP contribution in [0.1, 0.15) is 27.7 Å². The van der Waals surface area contributed by atoms with E-state index in [0.717, 1.165) is 0 Å². The van der Waals surface area contributed by atoms with Gasteiger partial charge in [0.25, 0.3) is 0 Å². The van der Waals surface area contributed by atoms with E-state index in [9.17, 15) is 0 Å². The maximum absolute atomic E-state index is 7.45. The molecule has 0 aliphatic carbocycles. The number of rotatable bonds is 3. The highest BCUT2D eigenvalue weighted by Gasteiger charge is 2.09. The van der Waals surface area contributed by atoms with Gasteiger partial charge in [-0.3, -0.25) is 5.50 Å². The Labute approximate surface area is 96.0 Å². The average Bonchev–Trinajstić information content (AvgIpc) is 2.54. The summed E-state index contributed by atoms with van der Waals surface area (Å²) in [6.07, 6.45) is 2.67. The fourth-order valence-corrected chi connectivity index (χ4v) is 1.27. The number of hydrogen-bond donors (Lipinski definition) is 3. The highest BCUT2D eigenvalue weighted by Crippen LogP contribution is 2.05.